The molecule has 5 nitrogen and oxygen atoms in total. The van der Waals surface area contributed by atoms with Gasteiger partial charge in [-0.25, -0.2) is 4.98 Å². The minimum Gasteiger partial charge on any atom is -0.346 e. The second-order valence-electron chi connectivity index (χ2n) is 6.19. The number of nitrogens with zero attached hydrogens (tertiary/aromatic N) is 3. The maximum absolute atomic E-state index is 12.3. The molecule has 0 unspecified atom stereocenters. The van der Waals surface area contributed by atoms with Crippen LogP contribution < -0.4 is 5.32 Å². The van der Waals surface area contributed by atoms with E-state index < -0.39 is 0 Å². The van der Waals surface area contributed by atoms with Gasteiger partial charge in [-0.3, -0.25) is 9.48 Å². The number of halogens is 1. The second kappa shape index (κ2) is 7.09. The molecule has 2 aromatic heterocycles. The maximum atomic E-state index is 12.3. The van der Waals surface area contributed by atoms with E-state index in [1.165, 1.54) is 17.8 Å². The molecule has 0 spiro atoms. The molecule has 1 saturated carbocycles. The summed E-state index contributed by atoms with van der Waals surface area (Å²) in [7, 11) is 0. The predicted molar refractivity (Wildman–Crippen MR) is 101 cm³/mol. The Hall–Kier alpha value is -1.99. The van der Waals surface area contributed by atoms with Crippen LogP contribution in [0.25, 0.3) is 0 Å². The third-order valence-electron chi connectivity index (χ3n) is 4.09. The highest BCUT2D eigenvalue weighted by Gasteiger charge is 2.26. The lowest BCUT2D eigenvalue weighted by Gasteiger charge is -2.06. The zero-order chi connectivity index (χ0) is 17.2. The minimum atomic E-state index is -0.0747. The summed E-state index contributed by atoms with van der Waals surface area (Å²) in [5.74, 6) is 0.590. The molecule has 1 amide bonds. The molecule has 0 bridgehead atoms. The third-order valence-corrected chi connectivity index (χ3v) is 5.55. The lowest BCUT2D eigenvalue weighted by atomic mass is 10.1. The molecule has 3 aromatic rings. The van der Waals surface area contributed by atoms with Gasteiger partial charge in [0.1, 0.15) is 0 Å². The van der Waals surface area contributed by atoms with Crippen molar-refractivity contribution in [1.82, 2.24) is 20.1 Å². The molecule has 25 heavy (non-hydrogen) atoms. The molecule has 1 fully saturated rings. The van der Waals surface area contributed by atoms with E-state index in [9.17, 15) is 4.79 Å². The molecule has 4 rings (SSSR count). The number of thiazole rings is 1. The summed E-state index contributed by atoms with van der Waals surface area (Å²) >= 11 is 5.08. The average Bonchev–Trinajstić information content (AvgIpc) is 3.22. The number of aromatic nitrogens is 3. The number of amides is 1. The molecule has 128 valence electrons. The standard InChI is InChI=1S/C18H17BrN4OS/c19-15-7-21-23(10-15)9-12-1-3-13(4-2-12)17(24)20-8-16-11-25-18(22-16)14-5-6-14/h1-4,7,10-11,14H,5-6,8-9H2,(H,20,24). The normalized spacial score (nSPS) is 13.8. The Morgan fingerprint density at radius 1 is 1.32 bits per heavy atom. The van der Waals surface area contributed by atoms with E-state index in [1.54, 1.807) is 17.5 Å². The highest BCUT2D eigenvalue weighted by atomic mass is 79.9. The van der Waals surface area contributed by atoms with Crippen molar-refractivity contribution in [1.29, 1.82) is 0 Å². The fourth-order valence-electron chi connectivity index (χ4n) is 2.57. The van der Waals surface area contributed by atoms with Crippen LogP contribution in [0, 0.1) is 0 Å². The Kier molecular flexibility index (Phi) is 4.67. The van der Waals surface area contributed by atoms with Crippen LogP contribution in [0.2, 0.25) is 0 Å². The van der Waals surface area contributed by atoms with Gasteiger partial charge in [-0.2, -0.15) is 5.10 Å². The quantitative estimate of drug-likeness (QED) is 0.661. The van der Waals surface area contributed by atoms with Gasteiger partial charge in [0, 0.05) is 23.1 Å². The Morgan fingerprint density at radius 2 is 2.12 bits per heavy atom. The predicted octanol–water partition coefficient (Wildman–Crippen LogP) is 3.96. The van der Waals surface area contributed by atoms with Crippen molar-refractivity contribution in [3.63, 3.8) is 0 Å². The lowest BCUT2D eigenvalue weighted by Crippen LogP contribution is -2.23. The summed E-state index contributed by atoms with van der Waals surface area (Å²) in [6, 6.07) is 7.61. The van der Waals surface area contributed by atoms with Crippen molar-refractivity contribution in [3.8, 4) is 0 Å². The van der Waals surface area contributed by atoms with E-state index in [4.69, 9.17) is 0 Å². The van der Waals surface area contributed by atoms with Gasteiger partial charge < -0.3 is 5.32 Å². The Balaban J connectivity index is 1.33. The van der Waals surface area contributed by atoms with E-state index in [0.29, 0.717) is 24.6 Å². The molecule has 1 aliphatic carbocycles. The number of hydrogen-bond acceptors (Lipinski definition) is 4. The number of rotatable bonds is 6. The molecule has 0 aliphatic heterocycles. The molecule has 1 aromatic carbocycles. The smallest absolute Gasteiger partial charge is 0.251 e. The summed E-state index contributed by atoms with van der Waals surface area (Å²) in [5, 5.41) is 10.4. The van der Waals surface area contributed by atoms with E-state index in [1.807, 2.05) is 40.5 Å². The van der Waals surface area contributed by atoms with Crippen molar-refractivity contribution in [2.45, 2.75) is 31.8 Å². The van der Waals surface area contributed by atoms with E-state index in [-0.39, 0.29) is 5.91 Å². The largest absolute Gasteiger partial charge is 0.346 e. The first-order chi connectivity index (χ1) is 12.2. The molecule has 0 saturated heterocycles. The molecular formula is C18H17BrN4OS. The Labute approximate surface area is 158 Å². The van der Waals surface area contributed by atoms with Crippen LogP contribution in [0.4, 0.5) is 0 Å². The highest BCUT2D eigenvalue weighted by Crippen LogP contribution is 2.41. The lowest BCUT2D eigenvalue weighted by molar-refractivity contribution is 0.0950. The highest BCUT2D eigenvalue weighted by molar-refractivity contribution is 9.10. The van der Waals surface area contributed by atoms with Gasteiger partial charge in [-0.05, 0) is 46.5 Å². The molecule has 1 aliphatic rings. The number of benzene rings is 1. The first kappa shape index (κ1) is 16.5. The molecule has 0 radical (unpaired) electrons. The number of nitrogens with one attached hydrogen (secondary N) is 1. The van der Waals surface area contributed by atoms with E-state index >= 15 is 0 Å². The average molecular weight is 417 g/mol. The van der Waals surface area contributed by atoms with Crippen LogP contribution in [0.1, 0.15) is 45.4 Å². The van der Waals surface area contributed by atoms with Gasteiger partial charge in [0.15, 0.2) is 0 Å². The minimum absolute atomic E-state index is 0.0747. The van der Waals surface area contributed by atoms with Crippen LogP contribution in [-0.4, -0.2) is 20.7 Å². The van der Waals surface area contributed by atoms with Crippen molar-refractivity contribution in [3.05, 3.63) is 68.3 Å². The van der Waals surface area contributed by atoms with Crippen LogP contribution in [0.5, 0.6) is 0 Å². The van der Waals surface area contributed by atoms with Crippen LogP contribution >= 0.6 is 27.3 Å². The molecular weight excluding hydrogens is 400 g/mol. The number of hydrogen-bond donors (Lipinski definition) is 1. The molecule has 2 heterocycles. The van der Waals surface area contributed by atoms with Crippen LogP contribution in [0.15, 0.2) is 46.5 Å². The summed E-state index contributed by atoms with van der Waals surface area (Å²) in [5.41, 5.74) is 2.70. The van der Waals surface area contributed by atoms with Crippen LogP contribution in [-0.2, 0) is 13.1 Å². The zero-order valence-electron chi connectivity index (χ0n) is 13.5. The summed E-state index contributed by atoms with van der Waals surface area (Å²) < 4.78 is 2.80. The van der Waals surface area contributed by atoms with Crippen molar-refractivity contribution in [2.75, 3.05) is 0 Å². The first-order valence-electron chi connectivity index (χ1n) is 8.17. The SMILES string of the molecule is O=C(NCc1csc(C2CC2)n1)c1ccc(Cn2cc(Br)cn2)cc1. The number of carbonyl (C=O) groups excluding carboxylic acids is 1. The number of carbonyl (C=O) groups is 1. The monoisotopic (exact) mass is 416 g/mol. The summed E-state index contributed by atoms with van der Waals surface area (Å²) in [6.45, 7) is 1.15. The van der Waals surface area contributed by atoms with Crippen LogP contribution in [0.3, 0.4) is 0 Å². The van der Waals surface area contributed by atoms with Gasteiger partial charge in [0.25, 0.3) is 5.91 Å². The Morgan fingerprint density at radius 3 is 2.80 bits per heavy atom. The zero-order valence-corrected chi connectivity index (χ0v) is 15.9. The maximum Gasteiger partial charge on any atom is 0.251 e. The fraction of sp³-hybridized carbons (Fsp3) is 0.278. The van der Waals surface area contributed by atoms with E-state index in [2.05, 4.69) is 31.3 Å². The molecule has 0 atom stereocenters. The van der Waals surface area contributed by atoms with Crippen molar-refractivity contribution in [2.24, 2.45) is 0 Å². The van der Waals surface area contributed by atoms with Crippen molar-refractivity contribution < 1.29 is 4.79 Å². The third kappa shape index (κ3) is 4.16. The van der Waals surface area contributed by atoms with Gasteiger partial charge >= 0.3 is 0 Å². The molecule has 7 heteroatoms. The summed E-state index contributed by atoms with van der Waals surface area (Å²) in [6.07, 6.45) is 6.18. The fourth-order valence-corrected chi connectivity index (χ4v) is 3.89. The van der Waals surface area contributed by atoms with Gasteiger partial charge in [-0.1, -0.05) is 12.1 Å². The Bertz CT molecular complexity index is 883. The van der Waals surface area contributed by atoms with Crippen molar-refractivity contribution >= 4 is 33.2 Å². The van der Waals surface area contributed by atoms with Gasteiger partial charge in [0.2, 0.25) is 0 Å². The molecule has 1 N–H and O–H groups in total. The van der Waals surface area contributed by atoms with Gasteiger partial charge in [0.05, 0.1) is 34.5 Å². The topological polar surface area (TPSA) is 59.8 Å². The second-order valence-corrected chi connectivity index (χ2v) is 7.99. The van der Waals surface area contributed by atoms with E-state index in [0.717, 1.165) is 15.7 Å². The first-order valence-corrected chi connectivity index (χ1v) is 9.84. The van der Waals surface area contributed by atoms with Gasteiger partial charge in [-0.15, -0.1) is 11.3 Å². The summed E-state index contributed by atoms with van der Waals surface area (Å²) in [4.78, 5) is 16.9.